The Bertz CT molecular complexity index is 1360. The van der Waals surface area contributed by atoms with E-state index in [1.165, 1.54) is 27.8 Å². The van der Waals surface area contributed by atoms with Gasteiger partial charge in [0, 0.05) is 41.6 Å². The van der Waals surface area contributed by atoms with Gasteiger partial charge in [-0.3, -0.25) is 9.29 Å². The van der Waals surface area contributed by atoms with E-state index in [9.17, 15) is 4.21 Å². The van der Waals surface area contributed by atoms with Gasteiger partial charge in [0.25, 0.3) is 0 Å². The molecular weight excluding hydrogens is 535 g/mol. The van der Waals surface area contributed by atoms with Crippen molar-refractivity contribution >= 4 is 44.7 Å². The molecule has 4 rings (SSSR count). The van der Waals surface area contributed by atoms with Crippen molar-refractivity contribution < 1.29 is 18.1 Å². The van der Waals surface area contributed by atoms with Crippen molar-refractivity contribution in [1.29, 1.82) is 0 Å². The summed E-state index contributed by atoms with van der Waals surface area (Å²) in [4.78, 5) is 8.39. The lowest BCUT2D eigenvalue weighted by Gasteiger charge is -2.23. The smallest absolute Gasteiger partial charge is 0.197 e. The molecule has 2 unspecified atom stereocenters. The summed E-state index contributed by atoms with van der Waals surface area (Å²) < 4.78 is 41.4. The predicted octanol–water partition coefficient (Wildman–Crippen LogP) is 6.12. The van der Waals surface area contributed by atoms with E-state index in [1.54, 1.807) is 50.3 Å². The van der Waals surface area contributed by atoms with Crippen molar-refractivity contribution in [3.8, 4) is 11.5 Å². The first-order chi connectivity index (χ1) is 17.9. The molecule has 0 aliphatic rings. The molecule has 2 heterocycles. The summed E-state index contributed by atoms with van der Waals surface area (Å²) in [5.41, 5.74) is 2.21. The maximum absolute atomic E-state index is 15.4. The molecule has 0 radical (unpaired) electrons. The number of nitrogens with zero attached hydrogens (tertiary/aromatic N) is 3. The first-order valence-corrected chi connectivity index (χ1v) is 13.7. The summed E-state index contributed by atoms with van der Waals surface area (Å²) in [6.07, 6.45) is 5.79. The fraction of sp³-hybridized carbons (Fsp3) is 0.231. The van der Waals surface area contributed by atoms with Crippen molar-refractivity contribution in [2.24, 2.45) is 0 Å². The lowest BCUT2D eigenvalue weighted by atomic mass is 10.1. The van der Waals surface area contributed by atoms with Crippen LogP contribution in [0.5, 0.6) is 11.5 Å². The number of hydrogen-bond donors (Lipinski definition) is 1. The molecule has 11 heteroatoms. The number of halogens is 2. The third-order valence-electron chi connectivity index (χ3n) is 5.52. The van der Waals surface area contributed by atoms with Crippen LogP contribution in [-0.2, 0) is 24.0 Å². The highest BCUT2D eigenvalue weighted by molar-refractivity contribution is 7.86. The topological polar surface area (TPSA) is 76.6 Å². The lowest BCUT2D eigenvalue weighted by Crippen LogP contribution is -2.26. The van der Waals surface area contributed by atoms with Gasteiger partial charge in [0.2, 0.25) is 0 Å². The second kappa shape index (κ2) is 12.4. The molecule has 1 N–H and O–H groups in total. The number of anilines is 2. The van der Waals surface area contributed by atoms with Crippen LogP contribution >= 0.6 is 22.9 Å². The molecule has 7 nitrogen and oxygen atoms in total. The molecule has 0 spiro atoms. The monoisotopic (exact) mass is 560 g/mol. The van der Waals surface area contributed by atoms with Crippen LogP contribution in [0.4, 0.5) is 15.2 Å². The van der Waals surface area contributed by atoms with Crippen LogP contribution in [0.2, 0.25) is 5.02 Å². The molecule has 0 amide bonds. The highest BCUT2D eigenvalue weighted by atomic mass is 35.5. The highest BCUT2D eigenvalue weighted by Gasteiger charge is 2.25. The van der Waals surface area contributed by atoms with Crippen LogP contribution in [0, 0.1) is 5.82 Å². The number of methoxy groups -OCH3 is 2. The summed E-state index contributed by atoms with van der Waals surface area (Å²) in [5.74, 6) is 0.543. The Morgan fingerprint density at radius 3 is 2.70 bits per heavy atom. The largest absolute Gasteiger partial charge is 0.497 e. The van der Waals surface area contributed by atoms with Gasteiger partial charge in [0.05, 0.1) is 36.4 Å². The normalized spacial score (nSPS) is 12.6. The number of hydrogen-bond acceptors (Lipinski definition) is 7. The van der Waals surface area contributed by atoms with Crippen molar-refractivity contribution in [2.45, 2.75) is 30.8 Å². The van der Waals surface area contributed by atoms with Crippen LogP contribution in [0.25, 0.3) is 0 Å². The maximum Gasteiger partial charge on any atom is 0.197 e. The first kappa shape index (κ1) is 26.8. The minimum absolute atomic E-state index is 0.0354. The van der Waals surface area contributed by atoms with E-state index in [0.29, 0.717) is 28.7 Å². The van der Waals surface area contributed by atoms with Gasteiger partial charge >= 0.3 is 0 Å². The van der Waals surface area contributed by atoms with Crippen LogP contribution in [0.3, 0.4) is 0 Å². The Kier molecular flexibility index (Phi) is 8.96. The number of nitrogens with one attached hydrogen (secondary N) is 1. The van der Waals surface area contributed by atoms with E-state index >= 15 is 4.39 Å². The molecule has 194 valence electrons. The van der Waals surface area contributed by atoms with Gasteiger partial charge in [0.1, 0.15) is 17.3 Å². The minimum atomic E-state index is -1.94. The number of thiazole rings is 1. The quantitative estimate of drug-likeness (QED) is 0.238. The molecule has 0 aliphatic carbocycles. The van der Waals surface area contributed by atoms with Gasteiger partial charge < -0.3 is 14.8 Å². The van der Waals surface area contributed by atoms with E-state index in [-0.39, 0.29) is 22.5 Å². The second-order valence-corrected chi connectivity index (χ2v) is 10.8. The van der Waals surface area contributed by atoms with Crippen LogP contribution in [-0.4, -0.2) is 34.4 Å². The number of ether oxygens (including phenoxy) is 2. The third kappa shape index (κ3) is 6.57. The van der Waals surface area contributed by atoms with Gasteiger partial charge in [-0.2, -0.15) is 0 Å². The average Bonchev–Trinajstić information content (AvgIpc) is 3.44. The van der Waals surface area contributed by atoms with Crippen molar-refractivity contribution in [2.75, 3.05) is 23.8 Å². The lowest BCUT2D eigenvalue weighted by molar-refractivity contribution is 0.391. The molecule has 0 saturated carbocycles. The highest BCUT2D eigenvalue weighted by Crippen LogP contribution is 2.34. The maximum atomic E-state index is 15.4. The molecule has 0 saturated heterocycles. The number of pyridine rings is 1. The van der Waals surface area contributed by atoms with E-state index in [2.05, 4.69) is 15.3 Å². The number of aromatic nitrogens is 2. The number of rotatable bonds is 11. The van der Waals surface area contributed by atoms with Crippen LogP contribution in [0.15, 0.2) is 71.3 Å². The van der Waals surface area contributed by atoms with Gasteiger partial charge in [-0.15, -0.1) is 11.3 Å². The van der Waals surface area contributed by atoms with Gasteiger partial charge in [-0.1, -0.05) is 17.7 Å². The van der Waals surface area contributed by atoms with Gasteiger partial charge in [0.15, 0.2) is 16.1 Å². The molecule has 0 fully saturated rings. The third-order valence-corrected chi connectivity index (χ3v) is 8.13. The standard InChI is InChI=1S/C26H26ClFN4O3S2/c1-17(11-18-5-4-8-29-15-18)31-23-14-22(28)25(13-21(23)27)37(33)32(26-30-9-10-36-26)16-19-6-7-20(34-2)12-24(19)35-3/h4-10,12-15,17,31H,11,16H2,1-3H3. The fourth-order valence-corrected chi connectivity index (χ4v) is 6.04. The zero-order valence-electron chi connectivity index (χ0n) is 20.5. The average molecular weight is 561 g/mol. The Hall–Kier alpha value is -3.21. The van der Waals surface area contributed by atoms with E-state index < -0.39 is 16.8 Å². The van der Waals surface area contributed by atoms with E-state index in [4.69, 9.17) is 21.1 Å². The first-order valence-electron chi connectivity index (χ1n) is 11.3. The molecule has 2 aromatic heterocycles. The number of benzene rings is 2. The molecule has 0 aliphatic heterocycles. The summed E-state index contributed by atoms with van der Waals surface area (Å²) in [6, 6.07) is 11.8. The molecule has 2 aromatic carbocycles. The molecule has 4 aromatic rings. The zero-order chi connectivity index (χ0) is 26.4. The van der Waals surface area contributed by atoms with Crippen LogP contribution < -0.4 is 19.1 Å². The molecule has 2 atom stereocenters. The van der Waals surface area contributed by atoms with E-state index in [0.717, 1.165) is 11.1 Å². The Labute approximate surface area is 226 Å². The summed E-state index contributed by atoms with van der Waals surface area (Å²) in [6.45, 7) is 2.13. The summed E-state index contributed by atoms with van der Waals surface area (Å²) >= 11 is 7.82. The Morgan fingerprint density at radius 1 is 1.19 bits per heavy atom. The van der Waals surface area contributed by atoms with Crippen molar-refractivity contribution in [3.63, 3.8) is 0 Å². The summed E-state index contributed by atoms with van der Waals surface area (Å²) in [5, 5.41) is 5.74. The van der Waals surface area contributed by atoms with Crippen molar-refractivity contribution in [3.05, 3.63) is 88.4 Å². The minimum Gasteiger partial charge on any atom is -0.497 e. The molecule has 37 heavy (non-hydrogen) atoms. The fourth-order valence-electron chi connectivity index (χ4n) is 3.75. The predicted molar refractivity (Wildman–Crippen MR) is 147 cm³/mol. The van der Waals surface area contributed by atoms with Gasteiger partial charge in [-0.05, 0) is 49.2 Å². The molecular formula is C26H26ClFN4O3S2. The SMILES string of the molecule is COc1ccc(CN(c2nccs2)S(=O)c2cc(Cl)c(NC(C)Cc3cccnc3)cc2F)c(OC)c1. The summed E-state index contributed by atoms with van der Waals surface area (Å²) in [7, 11) is 1.17. The van der Waals surface area contributed by atoms with Crippen LogP contribution in [0.1, 0.15) is 18.1 Å². The second-order valence-electron chi connectivity index (χ2n) is 8.15. The Morgan fingerprint density at radius 2 is 2.03 bits per heavy atom. The molecule has 0 bridgehead atoms. The Balaban J connectivity index is 1.59. The van der Waals surface area contributed by atoms with Gasteiger partial charge in [-0.25, -0.2) is 13.6 Å². The zero-order valence-corrected chi connectivity index (χ0v) is 22.9. The van der Waals surface area contributed by atoms with Crippen molar-refractivity contribution in [1.82, 2.24) is 9.97 Å². The van der Waals surface area contributed by atoms with E-state index in [1.807, 2.05) is 25.1 Å².